The molecule has 24 heavy (non-hydrogen) atoms. The Morgan fingerprint density at radius 3 is 2.58 bits per heavy atom. The van der Waals surface area contributed by atoms with Crippen LogP contribution in [0.5, 0.6) is 0 Å². The van der Waals surface area contributed by atoms with E-state index in [4.69, 9.17) is 0 Å². The minimum absolute atomic E-state index is 0. The summed E-state index contributed by atoms with van der Waals surface area (Å²) in [6.45, 7) is 7.98. The van der Waals surface area contributed by atoms with Gasteiger partial charge in [0.05, 0.1) is 0 Å². The van der Waals surface area contributed by atoms with Gasteiger partial charge in [0.15, 0.2) is 5.96 Å². The molecule has 2 N–H and O–H groups in total. The van der Waals surface area contributed by atoms with E-state index in [1.807, 2.05) is 12.1 Å². The fourth-order valence-electron chi connectivity index (χ4n) is 3.08. The Hall–Kier alpha value is -0.890. The van der Waals surface area contributed by atoms with Gasteiger partial charge in [0.2, 0.25) is 0 Å². The van der Waals surface area contributed by atoms with Gasteiger partial charge in [0, 0.05) is 26.2 Å². The fraction of sp³-hybridized carbons (Fsp3) is 0.611. The van der Waals surface area contributed by atoms with Gasteiger partial charge in [-0.05, 0) is 56.5 Å². The summed E-state index contributed by atoms with van der Waals surface area (Å²) in [7, 11) is 1.78. The monoisotopic (exact) mass is 448 g/mol. The molecule has 2 rings (SSSR count). The van der Waals surface area contributed by atoms with Gasteiger partial charge in [0.25, 0.3) is 0 Å². The van der Waals surface area contributed by atoms with Crippen LogP contribution in [0.2, 0.25) is 0 Å². The molecule has 1 saturated heterocycles. The number of halogens is 2. The SMILES string of the molecule is CCC(CNC(=NC)NCc1ccc(F)c(C)c1)N1CCCC1.I. The number of benzene rings is 1. The molecule has 0 saturated carbocycles. The highest BCUT2D eigenvalue weighted by Gasteiger charge is 2.20. The second kappa shape index (κ2) is 10.9. The summed E-state index contributed by atoms with van der Waals surface area (Å²) < 4.78 is 13.3. The van der Waals surface area contributed by atoms with Crippen LogP contribution in [0.15, 0.2) is 23.2 Å². The van der Waals surface area contributed by atoms with E-state index in [1.165, 1.54) is 32.0 Å². The minimum atomic E-state index is -0.160. The van der Waals surface area contributed by atoms with E-state index in [2.05, 4.69) is 27.4 Å². The zero-order valence-electron chi connectivity index (χ0n) is 14.9. The molecule has 6 heteroatoms. The van der Waals surface area contributed by atoms with Gasteiger partial charge < -0.3 is 10.6 Å². The molecule has 1 unspecified atom stereocenters. The van der Waals surface area contributed by atoms with Crippen LogP contribution in [0.1, 0.15) is 37.3 Å². The van der Waals surface area contributed by atoms with Crippen LogP contribution in [-0.2, 0) is 6.54 Å². The number of rotatable bonds is 6. The normalized spacial score (nSPS) is 16.6. The van der Waals surface area contributed by atoms with Crippen molar-refractivity contribution >= 4 is 29.9 Å². The van der Waals surface area contributed by atoms with Gasteiger partial charge >= 0.3 is 0 Å². The first-order valence-electron chi connectivity index (χ1n) is 8.57. The molecule has 1 fully saturated rings. The van der Waals surface area contributed by atoms with Gasteiger partial charge in [0.1, 0.15) is 5.82 Å². The van der Waals surface area contributed by atoms with Crippen LogP contribution in [0.4, 0.5) is 4.39 Å². The van der Waals surface area contributed by atoms with Crippen molar-refractivity contribution in [1.82, 2.24) is 15.5 Å². The molecular weight excluding hydrogens is 418 g/mol. The highest BCUT2D eigenvalue weighted by molar-refractivity contribution is 14.0. The van der Waals surface area contributed by atoms with Gasteiger partial charge in [-0.2, -0.15) is 0 Å². The predicted molar refractivity (Wildman–Crippen MR) is 110 cm³/mol. The smallest absolute Gasteiger partial charge is 0.191 e. The molecule has 136 valence electrons. The van der Waals surface area contributed by atoms with Gasteiger partial charge in [-0.15, -0.1) is 24.0 Å². The number of guanidine groups is 1. The first-order valence-corrected chi connectivity index (χ1v) is 8.57. The van der Waals surface area contributed by atoms with Crippen LogP contribution >= 0.6 is 24.0 Å². The van der Waals surface area contributed by atoms with E-state index < -0.39 is 0 Å². The minimum Gasteiger partial charge on any atom is -0.355 e. The second-order valence-corrected chi connectivity index (χ2v) is 6.20. The molecular formula is C18H30FIN4. The fourth-order valence-corrected chi connectivity index (χ4v) is 3.08. The summed E-state index contributed by atoms with van der Waals surface area (Å²) in [5.74, 6) is 0.636. The van der Waals surface area contributed by atoms with Gasteiger partial charge in [-0.1, -0.05) is 19.1 Å². The van der Waals surface area contributed by atoms with Crippen LogP contribution in [0.25, 0.3) is 0 Å². The van der Waals surface area contributed by atoms with Crippen molar-refractivity contribution in [1.29, 1.82) is 0 Å². The van der Waals surface area contributed by atoms with E-state index >= 15 is 0 Å². The topological polar surface area (TPSA) is 39.7 Å². The third-order valence-corrected chi connectivity index (χ3v) is 4.54. The zero-order chi connectivity index (χ0) is 16.7. The van der Waals surface area contributed by atoms with Crippen LogP contribution in [0, 0.1) is 12.7 Å². The number of aryl methyl sites for hydroxylation is 1. The maximum Gasteiger partial charge on any atom is 0.191 e. The highest BCUT2D eigenvalue weighted by atomic mass is 127. The number of nitrogens with zero attached hydrogens (tertiary/aromatic N) is 2. The lowest BCUT2D eigenvalue weighted by molar-refractivity contribution is 0.236. The number of nitrogens with one attached hydrogen (secondary N) is 2. The summed E-state index contributed by atoms with van der Waals surface area (Å²) >= 11 is 0. The zero-order valence-corrected chi connectivity index (χ0v) is 17.3. The Labute approximate surface area is 162 Å². The second-order valence-electron chi connectivity index (χ2n) is 6.20. The van der Waals surface area contributed by atoms with Crippen molar-refractivity contribution in [3.8, 4) is 0 Å². The van der Waals surface area contributed by atoms with E-state index in [0.29, 0.717) is 18.2 Å². The molecule has 1 aromatic carbocycles. The number of hydrogen-bond donors (Lipinski definition) is 2. The maximum absolute atomic E-state index is 13.3. The van der Waals surface area contributed by atoms with E-state index in [0.717, 1.165) is 24.5 Å². The molecule has 0 aromatic heterocycles. The summed E-state index contributed by atoms with van der Waals surface area (Å²) in [6.07, 6.45) is 3.77. The first-order chi connectivity index (χ1) is 11.1. The number of likely N-dealkylation sites (tertiary alicyclic amines) is 1. The number of aliphatic imine (C=N–C) groups is 1. The molecule has 0 spiro atoms. The lowest BCUT2D eigenvalue weighted by Gasteiger charge is -2.27. The lowest BCUT2D eigenvalue weighted by Crippen LogP contribution is -2.46. The van der Waals surface area contributed by atoms with Crippen LogP contribution in [0.3, 0.4) is 0 Å². The number of hydrogen-bond acceptors (Lipinski definition) is 2. The highest BCUT2D eigenvalue weighted by Crippen LogP contribution is 2.13. The van der Waals surface area contributed by atoms with E-state index in [1.54, 1.807) is 14.0 Å². The third-order valence-electron chi connectivity index (χ3n) is 4.54. The van der Waals surface area contributed by atoms with Crippen molar-refractivity contribution < 1.29 is 4.39 Å². The molecule has 1 heterocycles. The van der Waals surface area contributed by atoms with Crippen LogP contribution in [-0.4, -0.2) is 43.6 Å². The third kappa shape index (κ3) is 6.20. The van der Waals surface area contributed by atoms with Crippen LogP contribution < -0.4 is 10.6 Å². The molecule has 1 aliphatic heterocycles. The van der Waals surface area contributed by atoms with Crippen molar-refractivity contribution in [2.24, 2.45) is 4.99 Å². The summed E-state index contributed by atoms with van der Waals surface area (Å²) in [6, 6.07) is 5.75. The standard InChI is InChI=1S/C18H29FN4.HI/c1-4-16(23-9-5-6-10-23)13-22-18(20-3)21-12-15-7-8-17(19)14(2)11-15;/h7-8,11,16H,4-6,9-10,12-13H2,1-3H3,(H2,20,21,22);1H. The molecule has 0 aliphatic carbocycles. The van der Waals surface area contributed by atoms with Crippen molar-refractivity contribution in [2.75, 3.05) is 26.7 Å². The molecule has 0 amide bonds. The Morgan fingerprint density at radius 2 is 2.00 bits per heavy atom. The Bertz CT molecular complexity index is 530. The maximum atomic E-state index is 13.3. The average molecular weight is 448 g/mol. The van der Waals surface area contributed by atoms with Gasteiger partial charge in [-0.3, -0.25) is 9.89 Å². The average Bonchev–Trinajstić information content (AvgIpc) is 3.08. The van der Waals surface area contributed by atoms with E-state index in [9.17, 15) is 4.39 Å². The predicted octanol–water partition coefficient (Wildman–Crippen LogP) is 3.29. The van der Waals surface area contributed by atoms with Crippen molar-refractivity contribution in [3.05, 3.63) is 35.1 Å². The Balaban J connectivity index is 0.00000288. The molecule has 0 bridgehead atoms. The van der Waals surface area contributed by atoms with Crippen molar-refractivity contribution in [3.63, 3.8) is 0 Å². The summed E-state index contributed by atoms with van der Waals surface area (Å²) in [5.41, 5.74) is 1.73. The lowest BCUT2D eigenvalue weighted by atomic mass is 10.1. The molecule has 1 aliphatic rings. The molecule has 1 aromatic rings. The summed E-state index contributed by atoms with van der Waals surface area (Å²) in [5, 5.41) is 6.72. The summed E-state index contributed by atoms with van der Waals surface area (Å²) in [4.78, 5) is 6.84. The molecule has 0 radical (unpaired) electrons. The quantitative estimate of drug-likeness (QED) is 0.399. The van der Waals surface area contributed by atoms with E-state index in [-0.39, 0.29) is 29.8 Å². The van der Waals surface area contributed by atoms with Crippen molar-refractivity contribution in [2.45, 2.75) is 45.7 Å². The Kier molecular flexibility index (Phi) is 9.58. The van der Waals surface area contributed by atoms with Gasteiger partial charge in [-0.25, -0.2) is 4.39 Å². The molecule has 4 nitrogen and oxygen atoms in total. The Morgan fingerprint density at radius 1 is 1.29 bits per heavy atom. The largest absolute Gasteiger partial charge is 0.355 e. The first kappa shape index (κ1) is 21.2. The molecule has 1 atom stereocenters.